The molecule has 1 saturated carbocycles. The third-order valence-electron chi connectivity index (χ3n) is 4.39. The van der Waals surface area contributed by atoms with Crippen LogP contribution in [0.25, 0.3) is 0 Å². The van der Waals surface area contributed by atoms with Crippen LogP contribution in [-0.4, -0.2) is 11.7 Å². The lowest BCUT2D eigenvalue weighted by molar-refractivity contribution is 0.0307. The first-order valence-electron chi connectivity index (χ1n) is 6.63. The van der Waals surface area contributed by atoms with Crippen LogP contribution in [0.4, 0.5) is 0 Å². The fourth-order valence-corrected chi connectivity index (χ4v) is 3.51. The summed E-state index contributed by atoms with van der Waals surface area (Å²) in [5, 5.41) is 10.7. The van der Waals surface area contributed by atoms with Crippen molar-refractivity contribution in [1.82, 2.24) is 0 Å². The first-order valence-corrected chi connectivity index (χ1v) is 7.42. The molecule has 0 aromatic heterocycles. The zero-order chi connectivity index (χ0) is 13.3. The molecule has 3 heteroatoms. The van der Waals surface area contributed by atoms with Gasteiger partial charge >= 0.3 is 0 Å². The molecule has 0 amide bonds. The molecule has 3 unspecified atom stereocenters. The van der Waals surface area contributed by atoms with E-state index < -0.39 is 6.10 Å². The summed E-state index contributed by atoms with van der Waals surface area (Å²) in [5.41, 5.74) is 8.00. The van der Waals surface area contributed by atoms with Crippen LogP contribution in [0, 0.1) is 18.3 Å². The van der Waals surface area contributed by atoms with E-state index in [9.17, 15) is 5.11 Å². The predicted octanol–water partition coefficient (Wildman–Crippen LogP) is 3.56. The smallest absolute Gasteiger partial charge is 0.0858 e. The van der Waals surface area contributed by atoms with Crippen molar-refractivity contribution in [2.45, 2.75) is 39.2 Å². The van der Waals surface area contributed by atoms with Crippen LogP contribution in [0.15, 0.2) is 22.7 Å². The summed E-state index contributed by atoms with van der Waals surface area (Å²) in [6, 6.07) is 6.09. The molecule has 3 N–H and O–H groups in total. The number of hydrogen-bond acceptors (Lipinski definition) is 2. The van der Waals surface area contributed by atoms with E-state index >= 15 is 0 Å². The lowest BCUT2D eigenvalue weighted by Crippen LogP contribution is -2.34. The number of hydrogen-bond donors (Lipinski definition) is 2. The molecule has 1 aromatic carbocycles. The summed E-state index contributed by atoms with van der Waals surface area (Å²) in [5.74, 6) is 0.664. The van der Waals surface area contributed by atoms with Gasteiger partial charge in [0.05, 0.1) is 6.10 Å². The molecule has 1 aromatic rings. The minimum absolute atomic E-state index is 0.131. The van der Waals surface area contributed by atoms with Gasteiger partial charge in [0.25, 0.3) is 0 Å². The molecule has 0 radical (unpaired) electrons. The summed E-state index contributed by atoms with van der Waals surface area (Å²) in [6.45, 7) is 4.86. The summed E-state index contributed by atoms with van der Waals surface area (Å²) in [7, 11) is 0. The Labute approximate surface area is 118 Å². The Morgan fingerprint density at radius 1 is 1.56 bits per heavy atom. The van der Waals surface area contributed by atoms with Gasteiger partial charge in [0.15, 0.2) is 0 Å². The molecule has 1 fully saturated rings. The van der Waals surface area contributed by atoms with E-state index in [1.165, 1.54) is 12.0 Å². The normalized spacial score (nSPS) is 29.5. The van der Waals surface area contributed by atoms with Crippen LogP contribution in [-0.2, 0) is 0 Å². The van der Waals surface area contributed by atoms with E-state index in [1.807, 2.05) is 18.2 Å². The first kappa shape index (κ1) is 14.0. The zero-order valence-corrected chi connectivity index (χ0v) is 12.7. The highest BCUT2D eigenvalue weighted by molar-refractivity contribution is 9.10. The minimum Gasteiger partial charge on any atom is -0.388 e. The van der Waals surface area contributed by atoms with Crippen molar-refractivity contribution in [3.05, 3.63) is 33.8 Å². The number of rotatable bonds is 3. The first-order chi connectivity index (χ1) is 8.48. The number of benzene rings is 1. The van der Waals surface area contributed by atoms with E-state index in [-0.39, 0.29) is 5.41 Å². The van der Waals surface area contributed by atoms with E-state index in [1.54, 1.807) is 0 Å². The number of halogens is 1. The van der Waals surface area contributed by atoms with Crippen molar-refractivity contribution in [2.75, 3.05) is 6.54 Å². The molecule has 1 aliphatic rings. The monoisotopic (exact) mass is 311 g/mol. The van der Waals surface area contributed by atoms with E-state index in [2.05, 4.69) is 29.8 Å². The largest absolute Gasteiger partial charge is 0.388 e. The number of aliphatic hydroxyl groups excluding tert-OH is 1. The highest BCUT2D eigenvalue weighted by atomic mass is 79.9. The topological polar surface area (TPSA) is 46.2 Å². The average molecular weight is 312 g/mol. The van der Waals surface area contributed by atoms with Gasteiger partial charge in [-0.25, -0.2) is 0 Å². The Morgan fingerprint density at radius 2 is 2.28 bits per heavy atom. The standard InChI is InChI=1S/C15H22BrNO/c1-10-5-6-15(8-10,9-17)14(18)12-4-3-11(2)13(16)7-12/h3-4,7,10,14,18H,5-6,8-9,17H2,1-2H3. The summed E-state index contributed by atoms with van der Waals surface area (Å²) < 4.78 is 1.05. The molecule has 0 heterocycles. The molecular weight excluding hydrogens is 290 g/mol. The maximum Gasteiger partial charge on any atom is 0.0858 e. The van der Waals surface area contributed by atoms with Gasteiger partial charge in [-0.3, -0.25) is 0 Å². The van der Waals surface area contributed by atoms with Gasteiger partial charge in [0, 0.05) is 16.4 Å². The molecule has 0 spiro atoms. The predicted molar refractivity (Wildman–Crippen MR) is 78.3 cm³/mol. The molecule has 2 rings (SSSR count). The molecule has 0 aliphatic heterocycles. The van der Waals surface area contributed by atoms with Crippen LogP contribution in [0.2, 0.25) is 0 Å². The van der Waals surface area contributed by atoms with Crippen molar-refractivity contribution in [1.29, 1.82) is 0 Å². The molecular formula is C15H22BrNO. The Balaban J connectivity index is 2.29. The SMILES string of the molecule is Cc1ccc(C(O)C2(CN)CCC(C)C2)cc1Br. The maximum absolute atomic E-state index is 10.7. The molecule has 100 valence electrons. The number of nitrogens with two attached hydrogens (primary N) is 1. The van der Waals surface area contributed by atoms with Crippen molar-refractivity contribution < 1.29 is 5.11 Å². The highest BCUT2D eigenvalue weighted by Gasteiger charge is 2.42. The molecule has 18 heavy (non-hydrogen) atoms. The van der Waals surface area contributed by atoms with Crippen LogP contribution >= 0.6 is 15.9 Å². The van der Waals surface area contributed by atoms with Gasteiger partial charge in [-0.15, -0.1) is 0 Å². The van der Waals surface area contributed by atoms with Crippen molar-refractivity contribution >= 4 is 15.9 Å². The third-order valence-corrected chi connectivity index (χ3v) is 5.24. The summed E-state index contributed by atoms with van der Waals surface area (Å²) in [4.78, 5) is 0. The second-order valence-corrected chi connectivity index (χ2v) is 6.68. The van der Waals surface area contributed by atoms with Crippen LogP contribution < -0.4 is 5.73 Å². The molecule has 0 bridgehead atoms. The lowest BCUT2D eigenvalue weighted by Gasteiger charge is -2.33. The zero-order valence-electron chi connectivity index (χ0n) is 11.1. The fraction of sp³-hybridized carbons (Fsp3) is 0.600. The van der Waals surface area contributed by atoms with Gasteiger partial charge in [-0.1, -0.05) is 41.4 Å². The Kier molecular flexibility index (Phi) is 4.15. The van der Waals surface area contributed by atoms with Gasteiger partial charge < -0.3 is 10.8 Å². The number of aryl methyl sites for hydroxylation is 1. The van der Waals surface area contributed by atoms with Crippen LogP contribution in [0.5, 0.6) is 0 Å². The second-order valence-electron chi connectivity index (χ2n) is 5.83. The molecule has 0 saturated heterocycles. The van der Waals surface area contributed by atoms with Crippen LogP contribution in [0.1, 0.15) is 43.4 Å². The van der Waals surface area contributed by atoms with E-state index in [0.29, 0.717) is 12.5 Å². The highest BCUT2D eigenvalue weighted by Crippen LogP contribution is 2.49. The molecule has 2 nitrogen and oxygen atoms in total. The van der Waals surface area contributed by atoms with Gasteiger partial charge in [0.1, 0.15) is 0 Å². The molecule has 3 atom stereocenters. The van der Waals surface area contributed by atoms with Crippen molar-refractivity contribution in [2.24, 2.45) is 17.1 Å². The summed E-state index contributed by atoms with van der Waals surface area (Å²) >= 11 is 3.53. The Hall–Kier alpha value is -0.380. The average Bonchev–Trinajstić information content (AvgIpc) is 2.75. The Bertz CT molecular complexity index is 435. The van der Waals surface area contributed by atoms with Gasteiger partial charge in [0.2, 0.25) is 0 Å². The second kappa shape index (κ2) is 5.32. The number of aliphatic hydroxyl groups is 1. The van der Waals surface area contributed by atoms with Gasteiger partial charge in [-0.05, 0) is 42.9 Å². The van der Waals surface area contributed by atoms with E-state index in [0.717, 1.165) is 22.9 Å². The van der Waals surface area contributed by atoms with Gasteiger partial charge in [-0.2, -0.15) is 0 Å². The lowest BCUT2D eigenvalue weighted by atomic mass is 9.76. The van der Waals surface area contributed by atoms with Crippen molar-refractivity contribution in [3.63, 3.8) is 0 Å². The fourth-order valence-electron chi connectivity index (χ4n) is 3.11. The maximum atomic E-state index is 10.7. The molecule has 1 aliphatic carbocycles. The van der Waals surface area contributed by atoms with Crippen LogP contribution in [0.3, 0.4) is 0 Å². The van der Waals surface area contributed by atoms with Crippen molar-refractivity contribution in [3.8, 4) is 0 Å². The minimum atomic E-state index is -0.454. The third kappa shape index (κ3) is 2.49. The Morgan fingerprint density at radius 3 is 2.78 bits per heavy atom. The summed E-state index contributed by atoms with van der Waals surface area (Å²) in [6.07, 6.45) is 2.76. The van der Waals surface area contributed by atoms with E-state index in [4.69, 9.17) is 5.73 Å². The quantitative estimate of drug-likeness (QED) is 0.896.